The Balaban J connectivity index is 2.35. The summed E-state index contributed by atoms with van der Waals surface area (Å²) in [4.78, 5) is 3.70. The van der Waals surface area contributed by atoms with Gasteiger partial charge in [0.25, 0.3) is 0 Å². The van der Waals surface area contributed by atoms with Crippen molar-refractivity contribution in [1.82, 2.24) is 4.98 Å². The lowest BCUT2D eigenvalue weighted by Crippen LogP contribution is -2.13. The van der Waals surface area contributed by atoms with E-state index in [1.165, 1.54) is 6.20 Å². The fraction of sp³-hybridized carbons (Fsp3) is 0.0833. The molecule has 0 spiro atoms. The lowest BCUT2D eigenvalue weighted by Gasteiger charge is -2.12. The van der Waals surface area contributed by atoms with E-state index < -0.39 is 6.04 Å². The van der Waals surface area contributed by atoms with Gasteiger partial charge in [0.1, 0.15) is 5.82 Å². The van der Waals surface area contributed by atoms with Crippen molar-refractivity contribution in [3.63, 3.8) is 0 Å². The molecule has 0 saturated heterocycles. The first-order valence-electron chi connectivity index (χ1n) is 4.79. The summed E-state index contributed by atoms with van der Waals surface area (Å²) in [6.07, 6.45) is 2.73. The molecule has 1 heterocycles. The van der Waals surface area contributed by atoms with Crippen LogP contribution in [-0.4, -0.2) is 4.98 Å². The molecular weight excluding hydrogens is 318 g/mol. The molecule has 1 aromatic carbocycles. The van der Waals surface area contributed by atoms with Crippen molar-refractivity contribution in [3.05, 3.63) is 63.2 Å². The summed E-state index contributed by atoms with van der Waals surface area (Å²) < 4.78 is 14.6. The van der Waals surface area contributed by atoms with Crippen molar-refractivity contribution >= 4 is 22.6 Å². The minimum atomic E-state index is -0.444. The average molecular weight is 328 g/mol. The van der Waals surface area contributed by atoms with Crippen LogP contribution in [0.4, 0.5) is 4.39 Å². The molecule has 1 aromatic heterocycles. The summed E-state index contributed by atoms with van der Waals surface area (Å²) in [5, 5.41) is 0. The predicted octanol–water partition coefficient (Wildman–Crippen LogP) is 2.87. The zero-order chi connectivity index (χ0) is 11.5. The summed E-state index contributed by atoms with van der Waals surface area (Å²) in [6.45, 7) is 0. The zero-order valence-electron chi connectivity index (χ0n) is 8.40. The van der Waals surface area contributed by atoms with Crippen molar-refractivity contribution in [3.8, 4) is 0 Å². The molecule has 0 saturated carbocycles. The quantitative estimate of drug-likeness (QED) is 0.861. The minimum Gasteiger partial charge on any atom is -0.320 e. The van der Waals surface area contributed by atoms with Gasteiger partial charge in [-0.25, -0.2) is 4.39 Å². The van der Waals surface area contributed by atoms with Gasteiger partial charge in [-0.2, -0.15) is 0 Å². The first-order valence-corrected chi connectivity index (χ1v) is 5.87. The van der Waals surface area contributed by atoms with Gasteiger partial charge in [-0.15, -0.1) is 0 Å². The third-order valence-electron chi connectivity index (χ3n) is 2.37. The molecule has 0 aliphatic carbocycles. The van der Waals surface area contributed by atoms with Gasteiger partial charge < -0.3 is 5.73 Å². The van der Waals surface area contributed by atoms with Crippen LogP contribution in [0.2, 0.25) is 0 Å². The van der Waals surface area contributed by atoms with Crippen molar-refractivity contribution in [1.29, 1.82) is 0 Å². The number of hydrogen-bond donors (Lipinski definition) is 1. The number of pyridine rings is 1. The Hall–Kier alpha value is -1.01. The summed E-state index contributed by atoms with van der Waals surface area (Å²) in [7, 11) is 0. The highest BCUT2D eigenvalue weighted by Crippen LogP contribution is 2.21. The van der Waals surface area contributed by atoms with E-state index in [2.05, 4.69) is 27.6 Å². The van der Waals surface area contributed by atoms with Gasteiger partial charge in [-0.3, -0.25) is 4.98 Å². The molecule has 2 aromatic rings. The second-order valence-corrected chi connectivity index (χ2v) is 4.67. The molecule has 82 valence electrons. The normalized spacial score (nSPS) is 12.4. The maximum Gasteiger partial charge on any atom is 0.146 e. The van der Waals surface area contributed by atoms with Crippen LogP contribution >= 0.6 is 22.6 Å². The van der Waals surface area contributed by atoms with Gasteiger partial charge in [0.05, 0.1) is 12.2 Å². The standard InChI is InChI=1S/C12H10FIN2/c13-11-7-16-6-5-10(11)12(15)8-1-3-9(14)4-2-8/h1-7,12H,15H2. The van der Waals surface area contributed by atoms with E-state index >= 15 is 0 Å². The molecule has 2 rings (SSSR count). The molecular formula is C12H10FIN2. The molecule has 0 fully saturated rings. The maximum absolute atomic E-state index is 13.5. The van der Waals surface area contributed by atoms with E-state index in [0.29, 0.717) is 5.56 Å². The fourth-order valence-corrected chi connectivity index (χ4v) is 1.85. The third-order valence-corrected chi connectivity index (χ3v) is 3.09. The lowest BCUT2D eigenvalue weighted by atomic mass is 10.0. The van der Waals surface area contributed by atoms with E-state index in [0.717, 1.165) is 9.13 Å². The van der Waals surface area contributed by atoms with E-state index in [1.54, 1.807) is 12.3 Å². The van der Waals surface area contributed by atoms with Gasteiger partial charge in [0.2, 0.25) is 0 Å². The predicted molar refractivity (Wildman–Crippen MR) is 69.4 cm³/mol. The molecule has 2 nitrogen and oxygen atoms in total. The SMILES string of the molecule is NC(c1ccc(I)cc1)c1ccncc1F. The van der Waals surface area contributed by atoms with Crippen LogP contribution in [0.1, 0.15) is 17.2 Å². The molecule has 2 N–H and O–H groups in total. The van der Waals surface area contributed by atoms with Crippen molar-refractivity contribution < 1.29 is 4.39 Å². The summed E-state index contributed by atoms with van der Waals surface area (Å²) >= 11 is 2.22. The molecule has 0 bridgehead atoms. The Morgan fingerprint density at radius 2 is 1.88 bits per heavy atom. The highest BCUT2D eigenvalue weighted by atomic mass is 127. The lowest BCUT2D eigenvalue weighted by molar-refractivity contribution is 0.593. The Bertz CT molecular complexity index is 485. The van der Waals surface area contributed by atoms with Gasteiger partial charge in [-0.1, -0.05) is 12.1 Å². The van der Waals surface area contributed by atoms with Crippen LogP contribution in [0.5, 0.6) is 0 Å². The molecule has 4 heteroatoms. The first-order chi connectivity index (χ1) is 7.68. The number of nitrogens with zero attached hydrogens (tertiary/aromatic N) is 1. The minimum absolute atomic E-state index is 0.367. The molecule has 0 amide bonds. The molecule has 16 heavy (non-hydrogen) atoms. The van der Waals surface area contributed by atoms with Crippen LogP contribution in [0, 0.1) is 9.39 Å². The highest BCUT2D eigenvalue weighted by molar-refractivity contribution is 14.1. The van der Waals surface area contributed by atoms with Crippen molar-refractivity contribution in [2.75, 3.05) is 0 Å². The summed E-state index contributed by atoms with van der Waals surface area (Å²) in [5.74, 6) is -0.367. The van der Waals surface area contributed by atoms with Crippen molar-refractivity contribution in [2.45, 2.75) is 6.04 Å². The zero-order valence-corrected chi connectivity index (χ0v) is 10.6. The van der Waals surface area contributed by atoms with Crippen LogP contribution < -0.4 is 5.73 Å². The third kappa shape index (κ3) is 2.38. The monoisotopic (exact) mass is 328 g/mol. The topological polar surface area (TPSA) is 38.9 Å². The molecule has 1 atom stereocenters. The number of aromatic nitrogens is 1. The number of halogens is 2. The molecule has 0 aliphatic rings. The second-order valence-electron chi connectivity index (χ2n) is 3.43. The first kappa shape index (κ1) is 11.5. The molecule has 1 unspecified atom stereocenters. The second kappa shape index (κ2) is 4.88. The van der Waals surface area contributed by atoms with E-state index in [9.17, 15) is 4.39 Å². The van der Waals surface area contributed by atoms with E-state index in [1.807, 2.05) is 24.3 Å². The fourth-order valence-electron chi connectivity index (χ4n) is 1.49. The Kier molecular flexibility index (Phi) is 3.50. The van der Waals surface area contributed by atoms with Gasteiger partial charge in [-0.05, 0) is 46.4 Å². The Labute approximate surface area is 107 Å². The van der Waals surface area contributed by atoms with Crippen LogP contribution in [0.25, 0.3) is 0 Å². The summed E-state index contributed by atoms with van der Waals surface area (Å²) in [6, 6.07) is 8.89. The maximum atomic E-state index is 13.5. The van der Waals surface area contributed by atoms with E-state index in [-0.39, 0.29) is 5.82 Å². The van der Waals surface area contributed by atoms with Crippen molar-refractivity contribution in [2.24, 2.45) is 5.73 Å². The molecule has 0 radical (unpaired) electrons. The van der Waals surface area contributed by atoms with Gasteiger partial charge >= 0.3 is 0 Å². The van der Waals surface area contributed by atoms with Crippen LogP contribution in [0.15, 0.2) is 42.7 Å². The number of nitrogens with two attached hydrogens (primary N) is 1. The van der Waals surface area contributed by atoms with Gasteiger partial charge in [0, 0.05) is 15.3 Å². The largest absolute Gasteiger partial charge is 0.320 e. The Morgan fingerprint density at radius 3 is 2.50 bits per heavy atom. The number of benzene rings is 1. The molecule has 0 aliphatic heterocycles. The number of hydrogen-bond acceptors (Lipinski definition) is 2. The average Bonchev–Trinajstić information content (AvgIpc) is 2.30. The highest BCUT2D eigenvalue weighted by Gasteiger charge is 2.12. The Morgan fingerprint density at radius 1 is 1.19 bits per heavy atom. The number of rotatable bonds is 2. The summed E-state index contributed by atoms with van der Waals surface area (Å²) in [5.41, 5.74) is 7.36. The van der Waals surface area contributed by atoms with Crippen LogP contribution in [0.3, 0.4) is 0 Å². The smallest absolute Gasteiger partial charge is 0.146 e. The van der Waals surface area contributed by atoms with E-state index in [4.69, 9.17) is 5.73 Å². The van der Waals surface area contributed by atoms with Gasteiger partial charge in [0.15, 0.2) is 0 Å². The van der Waals surface area contributed by atoms with Crippen LogP contribution in [-0.2, 0) is 0 Å².